The SMILES string of the molecule is C=C(/C=C\CNc1ccc(C2=CC=CCC2)cc1C(=C)C)C1=CCCC=C1. The van der Waals surface area contributed by atoms with E-state index in [1.807, 2.05) is 0 Å². The van der Waals surface area contributed by atoms with Crippen molar-refractivity contribution in [1.82, 2.24) is 0 Å². The zero-order valence-electron chi connectivity index (χ0n) is 16.3. The van der Waals surface area contributed by atoms with E-state index in [9.17, 15) is 0 Å². The minimum absolute atomic E-state index is 0.765. The van der Waals surface area contributed by atoms with E-state index in [4.69, 9.17) is 0 Å². The van der Waals surface area contributed by atoms with Crippen LogP contribution in [0.15, 0.2) is 91.1 Å². The zero-order valence-corrected chi connectivity index (χ0v) is 16.3. The molecular formula is C26H29N. The van der Waals surface area contributed by atoms with Crippen molar-refractivity contribution < 1.29 is 0 Å². The van der Waals surface area contributed by atoms with Gasteiger partial charge in [0.2, 0.25) is 0 Å². The van der Waals surface area contributed by atoms with Gasteiger partial charge in [-0.2, -0.15) is 0 Å². The third-order valence-corrected chi connectivity index (χ3v) is 4.96. The molecule has 27 heavy (non-hydrogen) atoms. The van der Waals surface area contributed by atoms with Crippen LogP contribution in [-0.4, -0.2) is 6.54 Å². The van der Waals surface area contributed by atoms with Gasteiger partial charge in [0.15, 0.2) is 0 Å². The Morgan fingerprint density at radius 2 is 2.04 bits per heavy atom. The van der Waals surface area contributed by atoms with Crippen LogP contribution in [0, 0.1) is 0 Å². The Morgan fingerprint density at radius 1 is 1.15 bits per heavy atom. The third kappa shape index (κ3) is 5.10. The summed E-state index contributed by atoms with van der Waals surface area (Å²) in [6, 6.07) is 6.64. The Labute approximate surface area is 163 Å². The van der Waals surface area contributed by atoms with Crippen molar-refractivity contribution in [1.29, 1.82) is 0 Å². The maximum atomic E-state index is 4.17. The van der Waals surface area contributed by atoms with Gasteiger partial charge in [0.25, 0.3) is 0 Å². The highest BCUT2D eigenvalue weighted by molar-refractivity contribution is 5.79. The first kappa shape index (κ1) is 19.0. The molecule has 0 unspecified atom stereocenters. The Bertz CT molecular complexity index is 871. The van der Waals surface area contributed by atoms with Gasteiger partial charge in [-0.05, 0) is 72.6 Å². The fraction of sp³-hybridized carbons (Fsp3) is 0.231. The number of hydrogen-bond acceptors (Lipinski definition) is 1. The summed E-state index contributed by atoms with van der Waals surface area (Å²) >= 11 is 0. The molecule has 0 aromatic heterocycles. The fourth-order valence-electron chi connectivity index (χ4n) is 3.41. The molecule has 0 amide bonds. The van der Waals surface area contributed by atoms with Crippen molar-refractivity contribution in [3.63, 3.8) is 0 Å². The number of hydrogen-bond donors (Lipinski definition) is 1. The lowest BCUT2D eigenvalue weighted by Crippen LogP contribution is -2.02. The molecular weight excluding hydrogens is 326 g/mol. The minimum Gasteiger partial charge on any atom is -0.381 e. The average Bonchev–Trinajstić information content (AvgIpc) is 2.72. The fourth-order valence-corrected chi connectivity index (χ4v) is 3.41. The standard InChI is InChI=1S/C26H29N/c1-20(2)25-19-24(23-14-8-5-9-15-23)16-17-26(25)27-18-10-11-21(3)22-12-6-4-7-13-22/h5-6,8,10-14,16-17,19,27H,1,3-4,7,9,15,18H2,2H3/b11-10-. The lowest BCUT2D eigenvalue weighted by atomic mass is 9.94. The van der Waals surface area contributed by atoms with Gasteiger partial charge >= 0.3 is 0 Å². The lowest BCUT2D eigenvalue weighted by Gasteiger charge is -2.15. The smallest absolute Gasteiger partial charge is 0.0419 e. The van der Waals surface area contributed by atoms with Gasteiger partial charge < -0.3 is 5.32 Å². The van der Waals surface area contributed by atoms with E-state index in [-0.39, 0.29) is 0 Å². The van der Waals surface area contributed by atoms with Crippen LogP contribution in [0.25, 0.3) is 11.1 Å². The zero-order chi connectivity index (χ0) is 19.1. The van der Waals surface area contributed by atoms with Crippen molar-refractivity contribution in [3.05, 3.63) is 102 Å². The van der Waals surface area contributed by atoms with Crippen molar-refractivity contribution >= 4 is 16.8 Å². The van der Waals surface area contributed by atoms with Crippen molar-refractivity contribution in [2.75, 3.05) is 11.9 Å². The van der Waals surface area contributed by atoms with E-state index in [1.54, 1.807) is 0 Å². The molecule has 0 atom stereocenters. The molecule has 138 valence electrons. The summed E-state index contributed by atoms with van der Waals surface area (Å²) in [6.45, 7) is 11.2. The van der Waals surface area contributed by atoms with Crippen molar-refractivity contribution in [2.24, 2.45) is 0 Å². The highest BCUT2D eigenvalue weighted by Gasteiger charge is 2.08. The Hall–Kier alpha value is -2.80. The summed E-state index contributed by atoms with van der Waals surface area (Å²) in [5, 5.41) is 3.52. The van der Waals surface area contributed by atoms with E-state index in [2.05, 4.69) is 92.2 Å². The maximum absolute atomic E-state index is 4.17. The van der Waals surface area contributed by atoms with Gasteiger partial charge in [-0.25, -0.2) is 0 Å². The van der Waals surface area contributed by atoms with Crippen LogP contribution in [0.2, 0.25) is 0 Å². The first-order valence-corrected chi connectivity index (χ1v) is 9.77. The second kappa shape index (κ2) is 9.23. The molecule has 2 aliphatic carbocycles. The molecule has 0 saturated carbocycles. The van der Waals surface area contributed by atoms with Crippen LogP contribution in [0.4, 0.5) is 5.69 Å². The molecule has 0 radical (unpaired) electrons. The number of benzene rings is 1. The Morgan fingerprint density at radius 3 is 2.74 bits per heavy atom. The predicted octanol–water partition coefficient (Wildman–Crippen LogP) is 7.25. The second-order valence-corrected chi connectivity index (χ2v) is 7.15. The molecule has 0 spiro atoms. The highest BCUT2D eigenvalue weighted by atomic mass is 14.9. The molecule has 2 aliphatic rings. The van der Waals surface area contributed by atoms with Crippen molar-refractivity contribution in [3.8, 4) is 0 Å². The summed E-state index contributed by atoms with van der Waals surface area (Å²) in [7, 11) is 0. The molecule has 0 aliphatic heterocycles. The topological polar surface area (TPSA) is 12.0 Å². The van der Waals surface area contributed by atoms with Gasteiger partial charge in [0, 0.05) is 17.8 Å². The summed E-state index contributed by atoms with van der Waals surface area (Å²) in [6.07, 6.45) is 21.9. The molecule has 1 N–H and O–H groups in total. The number of rotatable bonds is 7. The summed E-state index contributed by atoms with van der Waals surface area (Å²) < 4.78 is 0. The van der Waals surface area contributed by atoms with Crippen LogP contribution >= 0.6 is 0 Å². The molecule has 1 aromatic carbocycles. The highest BCUT2D eigenvalue weighted by Crippen LogP contribution is 2.30. The van der Waals surface area contributed by atoms with Crippen molar-refractivity contribution in [2.45, 2.75) is 32.6 Å². The van der Waals surface area contributed by atoms with Gasteiger partial charge in [0.05, 0.1) is 0 Å². The minimum atomic E-state index is 0.765. The summed E-state index contributed by atoms with van der Waals surface area (Å²) in [5.41, 5.74) is 8.40. The Balaban J connectivity index is 1.66. The summed E-state index contributed by atoms with van der Waals surface area (Å²) in [5.74, 6) is 0. The van der Waals surface area contributed by atoms with Crippen LogP contribution in [-0.2, 0) is 0 Å². The average molecular weight is 356 g/mol. The molecule has 0 saturated heterocycles. The molecule has 1 heteroatoms. The van der Waals surface area contributed by atoms with Gasteiger partial charge in [-0.3, -0.25) is 0 Å². The van der Waals surface area contributed by atoms with E-state index >= 15 is 0 Å². The van der Waals surface area contributed by atoms with Crippen LogP contribution in [0.3, 0.4) is 0 Å². The van der Waals surface area contributed by atoms with E-state index in [1.165, 1.54) is 22.3 Å². The first-order chi connectivity index (χ1) is 13.1. The number of nitrogens with one attached hydrogen (secondary N) is 1. The molecule has 0 heterocycles. The van der Waals surface area contributed by atoms with Crippen LogP contribution in [0.1, 0.15) is 43.7 Å². The molecule has 0 fully saturated rings. The summed E-state index contributed by atoms with van der Waals surface area (Å²) in [4.78, 5) is 0. The normalized spacial score (nSPS) is 16.2. The second-order valence-electron chi connectivity index (χ2n) is 7.15. The van der Waals surface area contributed by atoms with Crippen LogP contribution < -0.4 is 5.32 Å². The third-order valence-electron chi connectivity index (χ3n) is 4.96. The van der Waals surface area contributed by atoms with Gasteiger partial charge in [0.1, 0.15) is 0 Å². The monoisotopic (exact) mass is 355 g/mol. The first-order valence-electron chi connectivity index (χ1n) is 9.77. The maximum Gasteiger partial charge on any atom is 0.0419 e. The van der Waals surface area contributed by atoms with E-state index < -0.39 is 0 Å². The number of allylic oxidation sites excluding steroid dienone is 11. The van der Waals surface area contributed by atoms with Crippen LogP contribution in [0.5, 0.6) is 0 Å². The van der Waals surface area contributed by atoms with Gasteiger partial charge in [-0.1, -0.05) is 67.8 Å². The quantitative estimate of drug-likeness (QED) is 0.508. The molecule has 0 bridgehead atoms. The van der Waals surface area contributed by atoms with E-state index in [0.29, 0.717) is 0 Å². The molecule has 3 rings (SSSR count). The molecule has 1 aromatic rings. The van der Waals surface area contributed by atoms with E-state index in [0.717, 1.165) is 49.1 Å². The lowest BCUT2D eigenvalue weighted by molar-refractivity contribution is 1.02. The predicted molar refractivity (Wildman–Crippen MR) is 121 cm³/mol. The largest absolute Gasteiger partial charge is 0.381 e. The molecule has 1 nitrogen and oxygen atoms in total. The number of anilines is 1. The Kier molecular flexibility index (Phi) is 6.49. The van der Waals surface area contributed by atoms with Gasteiger partial charge in [-0.15, -0.1) is 0 Å².